The molecular weight excluding hydrogens is 384 g/mol. The van der Waals surface area contributed by atoms with E-state index in [1.165, 1.54) is 0 Å². The summed E-state index contributed by atoms with van der Waals surface area (Å²) in [6.45, 7) is 2.60. The standard InChI is InChI=1S/C22H22N4O4/c27-22(17-2-1-9-23-12-17)26-13-19(14-26)29-18-5-3-15(4-6-18)20-24-21(30-25-20)16-7-10-28-11-8-16/h1-6,9,12,16,19H,7-8,10-11,13-14H2. The van der Waals surface area contributed by atoms with Gasteiger partial charge in [-0.15, -0.1) is 0 Å². The first kappa shape index (κ1) is 18.7. The topological polar surface area (TPSA) is 90.6 Å². The summed E-state index contributed by atoms with van der Waals surface area (Å²) in [5, 5.41) is 4.12. The van der Waals surface area contributed by atoms with Gasteiger partial charge < -0.3 is 18.9 Å². The van der Waals surface area contributed by atoms with Gasteiger partial charge >= 0.3 is 0 Å². The maximum atomic E-state index is 12.3. The van der Waals surface area contributed by atoms with Crippen molar-refractivity contribution in [1.82, 2.24) is 20.0 Å². The molecule has 1 aromatic carbocycles. The van der Waals surface area contributed by atoms with Crippen LogP contribution in [0, 0.1) is 0 Å². The van der Waals surface area contributed by atoms with Gasteiger partial charge in [-0.25, -0.2) is 0 Å². The molecule has 2 aliphatic heterocycles. The Labute approximate surface area is 173 Å². The van der Waals surface area contributed by atoms with E-state index in [0.29, 0.717) is 30.4 Å². The van der Waals surface area contributed by atoms with Crippen LogP contribution in [0.3, 0.4) is 0 Å². The molecule has 0 saturated carbocycles. The van der Waals surface area contributed by atoms with Crippen LogP contribution in [0.2, 0.25) is 0 Å². The predicted molar refractivity (Wildman–Crippen MR) is 107 cm³/mol. The van der Waals surface area contributed by atoms with Crippen molar-refractivity contribution in [3.8, 4) is 17.1 Å². The van der Waals surface area contributed by atoms with Crippen LogP contribution < -0.4 is 4.74 Å². The average molecular weight is 406 g/mol. The van der Waals surface area contributed by atoms with Crippen molar-refractivity contribution in [3.63, 3.8) is 0 Å². The van der Waals surface area contributed by atoms with E-state index in [1.54, 1.807) is 29.4 Å². The van der Waals surface area contributed by atoms with Crippen LogP contribution in [0.5, 0.6) is 5.75 Å². The number of pyridine rings is 1. The van der Waals surface area contributed by atoms with E-state index in [2.05, 4.69) is 15.1 Å². The molecular formula is C22H22N4O4. The molecule has 8 heteroatoms. The molecule has 2 saturated heterocycles. The van der Waals surface area contributed by atoms with Crippen LogP contribution in [0.1, 0.15) is 35.0 Å². The van der Waals surface area contributed by atoms with Crippen molar-refractivity contribution in [2.24, 2.45) is 0 Å². The molecule has 0 atom stereocenters. The Morgan fingerprint density at radius 1 is 1.10 bits per heavy atom. The van der Waals surface area contributed by atoms with Gasteiger partial charge in [0, 0.05) is 37.1 Å². The largest absolute Gasteiger partial charge is 0.487 e. The minimum absolute atomic E-state index is 0.0123. The monoisotopic (exact) mass is 406 g/mol. The highest BCUT2D eigenvalue weighted by molar-refractivity contribution is 5.94. The van der Waals surface area contributed by atoms with Gasteiger partial charge in [-0.1, -0.05) is 5.16 Å². The van der Waals surface area contributed by atoms with E-state index in [0.717, 1.165) is 37.4 Å². The van der Waals surface area contributed by atoms with Crippen LogP contribution in [-0.4, -0.2) is 58.3 Å². The van der Waals surface area contributed by atoms with Gasteiger partial charge in [-0.3, -0.25) is 9.78 Å². The second kappa shape index (κ2) is 8.23. The van der Waals surface area contributed by atoms with Gasteiger partial charge in [0.15, 0.2) is 0 Å². The van der Waals surface area contributed by atoms with Crippen molar-refractivity contribution in [1.29, 1.82) is 0 Å². The Balaban J connectivity index is 1.16. The van der Waals surface area contributed by atoms with Gasteiger partial charge in [-0.2, -0.15) is 4.98 Å². The first-order valence-electron chi connectivity index (χ1n) is 10.1. The molecule has 0 N–H and O–H groups in total. The zero-order valence-electron chi connectivity index (χ0n) is 16.4. The number of amides is 1. The molecule has 154 valence electrons. The summed E-state index contributed by atoms with van der Waals surface area (Å²) < 4.78 is 16.8. The fraction of sp³-hybridized carbons (Fsp3) is 0.364. The number of ether oxygens (including phenoxy) is 2. The smallest absolute Gasteiger partial charge is 0.255 e. The highest BCUT2D eigenvalue weighted by Crippen LogP contribution is 2.28. The van der Waals surface area contributed by atoms with Crippen LogP contribution in [0.25, 0.3) is 11.4 Å². The Hall–Kier alpha value is -3.26. The Kier molecular flexibility index (Phi) is 5.15. The van der Waals surface area contributed by atoms with Crippen molar-refractivity contribution in [2.45, 2.75) is 24.9 Å². The second-order valence-corrected chi connectivity index (χ2v) is 7.56. The van der Waals surface area contributed by atoms with Gasteiger partial charge in [-0.05, 0) is 49.2 Å². The summed E-state index contributed by atoms with van der Waals surface area (Å²) in [5.74, 6) is 2.28. The summed E-state index contributed by atoms with van der Waals surface area (Å²) in [6, 6.07) is 11.2. The number of hydrogen-bond acceptors (Lipinski definition) is 7. The molecule has 8 nitrogen and oxygen atoms in total. The number of likely N-dealkylation sites (tertiary alicyclic amines) is 1. The second-order valence-electron chi connectivity index (χ2n) is 7.56. The molecule has 0 unspecified atom stereocenters. The number of rotatable bonds is 5. The zero-order chi connectivity index (χ0) is 20.3. The molecule has 0 bridgehead atoms. The van der Waals surface area contributed by atoms with Crippen molar-refractivity contribution in [2.75, 3.05) is 26.3 Å². The zero-order valence-corrected chi connectivity index (χ0v) is 16.4. The van der Waals surface area contributed by atoms with Crippen molar-refractivity contribution < 1.29 is 18.8 Å². The van der Waals surface area contributed by atoms with Crippen molar-refractivity contribution in [3.05, 3.63) is 60.2 Å². The molecule has 3 aromatic rings. The lowest BCUT2D eigenvalue weighted by molar-refractivity contribution is 0.0177. The third kappa shape index (κ3) is 3.91. The molecule has 1 amide bonds. The molecule has 0 spiro atoms. The van der Waals surface area contributed by atoms with Crippen LogP contribution in [-0.2, 0) is 4.74 Å². The quantitative estimate of drug-likeness (QED) is 0.643. The fourth-order valence-electron chi connectivity index (χ4n) is 3.69. The van der Waals surface area contributed by atoms with E-state index in [9.17, 15) is 4.79 Å². The summed E-state index contributed by atoms with van der Waals surface area (Å²) in [5.41, 5.74) is 1.48. The SMILES string of the molecule is O=C(c1cccnc1)N1CC(Oc2ccc(-c3noc(C4CCOCC4)n3)cc2)C1. The summed E-state index contributed by atoms with van der Waals surface area (Å²) in [7, 11) is 0. The Morgan fingerprint density at radius 3 is 2.63 bits per heavy atom. The maximum Gasteiger partial charge on any atom is 0.255 e. The molecule has 0 radical (unpaired) electrons. The Bertz CT molecular complexity index is 993. The maximum absolute atomic E-state index is 12.3. The molecule has 30 heavy (non-hydrogen) atoms. The van der Waals surface area contributed by atoms with Gasteiger partial charge in [0.1, 0.15) is 11.9 Å². The van der Waals surface area contributed by atoms with E-state index in [-0.39, 0.29) is 17.9 Å². The number of aromatic nitrogens is 3. The molecule has 4 heterocycles. The number of carbonyl (C=O) groups is 1. The van der Waals surface area contributed by atoms with Crippen LogP contribution >= 0.6 is 0 Å². The van der Waals surface area contributed by atoms with Gasteiger partial charge in [0.25, 0.3) is 5.91 Å². The average Bonchev–Trinajstić information content (AvgIpc) is 3.27. The number of benzene rings is 1. The highest BCUT2D eigenvalue weighted by atomic mass is 16.5. The lowest BCUT2D eigenvalue weighted by Gasteiger charge is -2.38. The fourth-order valence-corrected chi connectivity index (χ4v) is 3.69. The first-order valence-corrected chi connectivity index (χ1v) is 10.1. The predicted octanol–water partition coefficient (Wildman–Crippen LogP) is 2.93. The van der Waals surface area contributed by atoms with Crippen LogP contribution in [0.15, 0.2) is 53.3 Å². The van der Waals surface area contributed by atoms with Crippen LogP contribution in [0.4, 0.5) is 0 Å². The van der Waals surface area contributed by atoms with Crippen molar-refractivity contribution >= 4 is 5.91 Å². The minimum Gasteiger partial charge on any atom is -0.487 e. The lowest BCUT2D eigenvalue weighted by atomic mass is 10.0. The van der Waals surface area contributed by atoms with Gasteiger partial charge in [0.2, 0.25) is 11.7 Å². The molecule has 5 rings (SSSR count). The third-order valence-corrected chi connectivity index (χ3v) is 5.47. The minimum atomic E-state index is -0.0178. The number of nitrogens with zero attached hydrogens (tertiary/aromatic N) is 4. The summed E-state index contributed by atoms with van der Waals surface area (Å²) in [6.07, 6.45) is 5.05. The third-order valence-electron chi connectivity index (χ3n) is 5.47. The highest BCUT2D eigenvalue weighted by Gasteiger charge is 2.33. The van der Waals surface area contributed by atoms with E-state index < -0.39 is 0 Å². The van der Waals surface area contributed by atoms with Gasteiger partial charge in [0.05, 0.1) is 18.7 Å². The normalized spacial score (nSPS) is 17.5. The molecule has 2 aromatic heterocycles. The van der Waals surface area contributed by atoms with E-state index in [4.69, 9.17) is 14.0 Å². The number of hydrogen-bond donors (Lipinski definition) is 0. The Morgan fingerprint density at radius 2 is 1.90 bits per heavy atom. The summed E-state index contributed by atoms with van der Waals surface area (Å²) in [4.78, 5) is 22.7. The first-order chi connectivity index (χ1) is 14.8. The summed E-state index contributed by atoms with van der Waals surface area (Å²) >= 11 is 0. The molecule has 0 aliphatic carbocycles. The molecule has 2 aliphatic rings. The van der Waals surface area contributed by atoms with E-state index >= 15 is 0 Å². The van der Waals surface area contributed by atoms with E-state index in [1.807, 2.05) is 24.3 Å². The number of carbonyl (C=O) groups excluding carboxylic acids is 1. The lowest BCUT2D eigenvalue weighted by Crippen LogP contribution is -2.56. The molecule has 2 fully saturated rings.